The van der Waals surface area contributed by atoms with Gasteiger partial charge in [-0.2, -0.15) is 0 Å². The standard InChI is InChI=1S/C11H18N2OS/c1-8(7-12)13-10(14)11(2,3)9-5-4-6-15-9/h4-6,8H,7,12H2,1-3H3,(H,13,14)/t8-/m1/s1. The van der Waals surface area contributed by atoms with Crippen molar-refractivity contribution in [2.75, 3.05) is 6.54 Å². The van der Waals surface area contributed by atoms with Crippen molar-refractivity contribution in [3.8, 4) is 0 Å². The van der Waals surface area contributed by atoms with Crippen LogP contribution in [0.25, 0.3) is 0 Å². The van der Waals surface area contributed by atoms with Crippen LogP contribution in [0.5, 0.6) is 0 Å². The van der Waals surface area contributed by atoms with E-state index >= 15 is 0 Å². The highest BCUT2D eigenvalue weighted by Crippen LogP contribution is 2.27. The van der Waals surface area contributed by atoms with Gasteiger partial charge in [0.1, 0.15) is 0 Å². The van der Waals surface area contributed by atoms with E-state index in [0.29, 0.717) is 6.54 Å². The van der Waals surface area contributed by atoms with Gasteiger partial charge < -0.3 is 11.1 Å². The van der Waals surface area contributed by atoms with Crippen molar-refractivity contribution in [2.24, 2.45) is 5.73 Å². The molecule has 0 saturated heterocycles. The molecule has 0 aliphatic rings. The van der Waals surface area contributed by atoms with Gasteiger partial charge in [-0.05, 0) is 32.2 Å². The van der Waals surface area contributed by atoms with Gasteiger partial charge in [-0.1, -0.05) is 6.07 Å². The summed E-state index contributed by atoms with van der Waals surface area (Å²) in [5.41, 5.74) is 5.00. The van der Waals surface area contributed by atoms with Crippen molar-refractivity contribution >= 4 is 17.2 Å². The maximum absolute atomic E-state index is 12.0. The second-order valence-corrected chi connectivity index (χ2v) is 5.16. The number of amides is 1. The Labute approximate surface area is 94.7 Å². The van der Waals surface area contributed by atoms with E-state index in [1.54, 1.807) is 11.3 Å². The van der Waals surface area contributed by atoms with Gasteiger partial charge in [-0.15, -0.1) is 11.3 Å². The Morgan fingerprint density at radius 1 is 1.67 bits per heavy atom. The molecular formula is C11H18N2OS. The molecule has 0 aliphatic carbocycles. The van der Waals surface area contributed by atoms with Gasteiger partial charge in [0, 0.05) is 17.5 Å². The average molecular weight is 226 g/mol. The zero-order chi connectivity index (χ0) is 11.5. The molecule has 1 heterocycles. The normalized spacial score (nSPS) is 13.6. The fourth-order valence-electron chi connectivity index (χ4n) is 1.21. The lowest BCUT2D eigenvalue weighted by molar-refractivity contribution is -0.126. The summed E-state index contributed by atoms with van der Waals surface area (Å²) in [5.74, 6) is 0.0305. The summed E-state index contributed by atoms with van der Waals surface area (Å²) >= 11 is 1.60. The summed E-state index contributed by atoms with van der Waals surface area (Å²) in [6.07, 6.45) is 0. The summed E-state index contributed by atoms with van der Waals surface area (Å²) < 4.78 is 0. The average Bonchev–Trinajstić information content (AvgIpc) is 2.70. The van der Waals surface area contributed by atoms with Crippen LogP contribution in [-0.4, -0.2) is 18.5 Å². The molecule has 0 aliphatic heterocycles. The number of carbonyl (C=O) groups is 1. The van der Waals surface area contributed by atoms with Crippen LogP contribution in [0.3, 0.4) is 0 Å². The minimum atomic E-state index is -0.475. The van der Waals surface area contributed by atoms with Gasteiger partial charge in [0.05, 0.1) is 5.41 Å². The van der Waals surface area contributed by atoms with Crippen molar-refractivity contribution < 1.29 is 4.79 Å². The smallest absolute Gasteiger partial charge is 0.231 e. The van der Waals surface area contributed by atoms with Crippen LogP contribution in [0.1, 0.15) is 25.6 Å². The zero-order valence-electron chi connectivity index (χ0n) is 9.41. The predicted molar refractivity (Wildman–Crippen MR) is 64.0 cm³/mol. The third-order valence-electron chi connectivity index (χ3n) is 2.44. The van der Waals surface area contributed by atoms with Crippen molar-refractivity contribution in [1.29, 1.82) is 0 Å². The van der Waals surface area contributed by atoms with E-state index in [1.807, 2.05) is 38.3 Å². The van der Waals surface area contributed by atoms with E-state index in [-0.39, 0.29) is 11.9 Å². The van der Waals surface area contributed by atoms with Gasteiger partial charge in [0.15, 0.2) is 0 Å². The first-order valence-corrected chi connectivity index (χ1v) is 5.91. The van der Waals surface area contributed by atoms with Gasteiger partial charge in [-0.3, -0.25) is 4.79 Å². The SMILES string of the molecule is C[C@H](CN)NC(=O)C(C)(C)c1cccs1. The molecule has 1 amide bonds. The van der Waals surface area contributed by atoms with E-state index < -0.39 is 5.41 Å². The lowest BCUT2D eigenvalue weighted by atomic mass is 9.90. The number of thiophene rings is 1. The van der Waals surface area contributed by atoms with Crippen LogP contribution >= 0.6 is 11.3 Å². The number of hydrogen-bond acceptors (Lipinski definition) is 3. The van der Waals surface area contributed by atoms with Crippen LogP contribution < -0.4 is 11.1 Å². The zero-order valence-corrected chi connectivity index (χ0v) is 10.2. The Balaban J connectivity index is 2.74. The summed E-state index contributed by atoms with van der Waals surface area (Å²) in [5, 5.41) is 4.88. The highest BCUT2D eigenvalue weighted by atomic mass is 32.1. The van der Waals surface area contributed by atoms with Crippen LogP contribution in [0.2, 0.25) is 0 Å². The molecule has 0 spiro atoms. The number of hydrogen-bond donors (Lipinski definition) is 2. The second-order valence-electron chi connectivity index (χ2n) is 4.21. The Morgan fingerprint density at radius 2 is 2.33 bits per heavy atom. The first-order chi connectivity index (χ1) is 6.98. The molecule has 1 aromatic heterocycles. The number of carbonyl (C=O) groups excluding carboxylic acids is 1. The summed E-state index contributed by atoms with van der Waals surface area (Å²) in [6, 6.07) is 3.97. The maximum atomic E-state index is 12.0. The largest absolute Gasteiger partial charge is 0.352 e. The fraction of sp³-hybridized carbons (Fsp3) is 0.545. The Hall–Kier alpha value is -0.870. The van der Waals surface area contributed by atoms with Gasteiger partial charge in [-0.25, -0.2) is 0 Å². The van der Waals surface area contributed by atoms with Crippen LogP contribution in [0, 0.1) is 0 Å². The highest BCUT2D eigenvalue weighted by Gasteiger charge is 2.31. The van der Waals surface area contributed by atoms with E-state index in [0.717, 1.165) is 4.88 Å². The highest BCUT2D eigenvalue weighted by molar-refractivity contribution is 7.10. The summed E-state index contributed by atoms with van der Waals surface area (Å²) in [4.78, 5) is 13.0. The van der Waals surface area contributed by atoms with E-state index in [9.17, 15) is 4.79 Å². The molecule has 0 unspecified atom stereocenters. The Kier molecular flexibility index (Phi) is 3.88. The first-order valence-electron chi connectivity index (χ1n) is 5.03. The number of nitrogens with two attached hydrogens (primary N) is 1. The third kappa shape index (κ3) is 2.79. The first kappa shape index (κ1) is 12.2. The molecule has 1 aromatic rings. The minimum absolute atomic E-state index is 0.0248. The van der Waals surface area contributed by atoms with E-state index in [4.69, 9.17) is 5.73 Å². The predicted octanol–water partition coefficient (Wildman–Crippen LogP) is 1.49. The molecule has 4 heteroatoms. The van der Waals surface area contributed by atoms with E-state index in [2.05, 4.69) is 5.32 Å². The van der Waals surface area contributed by atoms with Crippen molar-refractivity contribution in [3.63, 3.8) is 0 Å². The fourth-order valence-corrected chi connectivity index (χ4v) is 2.06. The summed E-state index contributed by atoms with van der Waals surface area (Å²) in [6.45, 7) is 6.23. The molecule has 0 aromatic carbocycles. The molecule has 1 rings (SSSR count). The second kappa shape index (κ2) is 4.77. The number of nitrogens with one attached hydrogen (secondary N) is 1. The molecule has 1 atom stereocenters. The van der Waals surface area contributed by atoms with Gasteiger partial charge in [0.25, 0.3) is 0 Å². The van der Waals surface area contributed by atoms with Crippen LogP contribution in [0.4, 0.5) is 0 Å². The minimum Gasteiger partial charge on any atom is -0.352 e. The number of rotatable bonds is 4. The lowest BCUT2D eigenvalue weighted by Crippen LogP contribution is -2.46. The van der Waals surface area contributed by atoms with Gasteiger partial charge in [0.2, 0.25) is 5.91 Å². The monoisotopic (exact) mass is 226 g/mol. The van der Waals surface area contributed by atoms with Gasteiger partial charge >= 0.3 is 0 Å². The molecule has 84 valence electrons. The quantitative estimate of drug-likeness (QED) is 0.817. The van der Waals surface area contributed by atoms with Crippen molar-refractivity contribution in [2.45, 2.75) is 32.2 Å². The molecule has 0 saturated carbocycles. The third-order valence-corrected chi connectivity index (χ3v) is 3.63. The van der Waals surface area contributed by atoms with Crippen LogP contribution in [-0.2, 0) is 10.2 Å². The maximum Gasteiger partial charge on any atom is 0.231 e. The van der Waals surface area contributed by atoms with E-state index in [1.165, 1.54) is 0 Å². The Bertz CT molecular complexity index is 319. The molecule has 0 fully saturated rings. The Morgan fingerprint density at radius 3 is 2.80 bits per heavy atom. The molecular weight excluding hydrogens is 208 g/mol. The molecule has 3 nitrogen and oxygen atoms in total. The van der Waals surface area contributed by atoms with Crippen molar-refractivity contribution in [3.05, 3.63) is 22.4 Å². The van der Waals surface area contributed by atoms with Crippen molar-refractivity contribution in [1.82, 2.24) is 5.32 Å². The molecule has 3 N–H and O–H groups in total. The van der Waals surface area contributed by atoms with Crippen LogP contribution in [0.15, 0.2) is 17.5 Å². The molecule has 0 bridgehead atoms. The topological polar surface area (TPSA) is 55.1 Å². The summed E-state index contributed by atoms with van der Waals surface area (Å²) in [7, 11) is 0. The lowest BCUT2D eigenvalue weighted by Gasteiger charge is -2.24. The molecule has 0 radical (unpaired) electrons. The molecule has 15 heavy (non-hydrogen) atoms.